The summed E-state index contributed by atoms with van der Waals surface area (Å²) in [6.45, 7) is 4.15. The lowest BCUT2D eigenvalue weighted by Crippen LogP contribution is -2.41. The number of nitrogens with zero attached hydrogens (tertiary/aromatic N) is 2. The van der Waals surface area contributed by atoms with Gasteiger partial charge in [0.25, 0.3) is 11.6 Å². The van der Waals surface area contributed by atoms with E-state index in [-0.39, 0.29) is 29.0 Å². The summed E-state index contributed by atoms with van der Waals surface area (Å²) in [6, 6.07) is 0.944. The zero-order chi connectivity index (χ0) is 15.3. The average molecular weight is 282 g/mol. The van der Waals surface area contributed by atoms with Crippen molar-refractivity contribution >= 4 is 17.4 Å². The number of anilines is 1. The molecule has 0 bridgehead atoms. The quantitative estimate of drug-likeness (QED) is 0.592. The van der Waals surface area contributed by atoms with Crippen LogP contribution in [0.2, 0.25) is 0 Å². The molecule has 1 heterocycles. The second kappa shape index (κ2) is 6.80. The Morgan fingerprint density at radius 1 is 1.60 bits per heavy atom. The Labute approximate surface area is 116 Å². The number of nitrogens with one attached hydrogen (secondary N) is 1. The van der Waals surface area contributed by atoms with E-state index >= 15 is 0 Å². The Kier molecular flexibility index (Phi) is 5.39. The summed E-state index contributed by atoms with van der Waals surface area (Å²) in [5.41, 5.74) is 4.99. The predicted octanol–water partition coefficient (Wildman–Crippen LogP) is 0.973. The van der Waals surface area contributed by atoms with E-state index < -0.39 is 10.8 Å². The van der Waals surface area contributed by atoms with E-state index in [0.717, 1.165) is 6.20 Å². The first-order valence-corrected chi connectivity index (χ1v) is 6.06. The number of carbonyl (C=O) groups is 1. The van der Waals surface area contributed by atoms with E-state index in [1.165, 1.54) is 13.2 Å². The molecule has 8 heteroatoms. The maximum Gasteiger partial charge on any atom is 0.300 e. The van der Waals surface area contributed by atoms with Gasteiger partial charge in [-0.15, -0.1) is 0 Å². The molecule has 1 atom stereocenters. The van der Waals surface area contributed by atoms with Crippen LogP contribution in [-0.4, -0.2) is 35.6 Å². The standard InChI is InChI=1S/C12H18N4O4/c1-7(2)9(6-20-3)15-12(17)8-4-11(13)14-5-10(8)16(18)19/h4-5,7,9H,6H2,1-3H3,(H2,13,14)(H,15,17). The third kappa shape index (κ3) is 3.89. The molecule has 1 aromatic heterocycles. The molecule has 110 valence electrons. The molecule has 1 unspecified atom stereocenters. The molecular formula is C12H18N4O4. The Morgan fingerprint density at radius 2 is 2.25 bits per heavy atom. The second-order valence-corrected chi connectivity index (χ2v) is 4.66. The molecule has 0 saturated carbocycles. The lowest BCUT2D eigenvalue weighted by Gasteiger charge is -2.21. The molecular weight excluding hydrogens is 264 g/mol. The van der Waals surface area contributed by atoms with Crippen molar-refractivity contribution in [3.8, 4) is 0 Å². The molecule has 3 N–H and O–H groups in total. The zero-order valence-corrected chi connectivity index (χ0v) is 11.6. The normalized spacial score (nSPS) is 12.2. The summed E-state index contributed by atoms with van der Waals surface area (Å²) < 4.78 is 5.02. The van der Waals surface area contributed by atoms with Crippen molar-refractivity contribution in [3.05, 3.63) is 27.9 Å². The number of methoxy groups -OCH3 is 1. The Balaban J connectivity index is 3.02. The minimum absolute atomic E-state index is 0.0496. The number of amides is 1. The summed E-state index contributed by atoms with van der Waals surface area (Å²) in [5.74, 6) is -0.396. The van der Waals surface area contributed by atoms with E-state index in [2.05, 4.69) is 10.3 Å². The van der Waals surface area contributed by atoms with Crippen molar-refractivity contribution in [1.29, 1.82) is 0 Å². The number of carbonyl (C=O) groups excluding carboxylic acids is 1. The first-order valence-electron chi connectivity index (χ1n) is 6.06. The molecule has 0 saturated heterocycles. The van der Waals surface area contributed by atoms with E-state index in [1.54, 1.807) is 0 Å². The third-order valence-electron chi connectivity index (χ3n) is 2.81. The van der Waals surface area contributed by atoms with Gasteiger partial charge < -0.3 is 15.8 Å². The largest absolute Gasteiger partial charge is 0.384 e. The van der Waals surface area contributed by atoms with Crippen molar-refractivity contribution in [2.45, 2.75) is 19.9 Å². The molecule has 0 radical (unpaired) electrons. The van der Waals surface area contributed by atoms with Gasteiger partial charge in [-0.05, 0) is 12.0 Å². The van der Waals surface area contributed by atoms with Crippen LogP contribution in [0.3, 0.4) is 0 Å². The number of pyridine rings is 1. The van der Waals surface area contributed by atoms with Crippen molar-refractivity contribution in [2.75, 3.05) is 19.5 Å². The highest BCUT2D eigenvalue weighted by molar-refractivity contribution is 5.98. The topological polar surface area (TPSA) is 120 Å². The van der Waals surface area contributed by atoms with E-state index in [0.29, 0.717) is 6.61 Å². The lowest BCUT2D eigenvalue weighted by molar-refractivity contribution is -0.385. The van der Waals surface area contributed by atoms with Crippen molar-refractivity contribution in [2.24, 2.45) is 5.92 Å². The van der Waals surface area contributed by atoms with Gasteiger partial charge in [-0.3, -0.25) is 14.9 Å². The van der Waals surface area contributed by atoms with Crippen LogP contribution in [0, 0.1) is 16.0 Å². The van der Waals surface area contributed by atoms with Crippen LogP contribution < -0.4 is 11.1 Å². The molecule has 0 aliphatic rings. The molecule has 8 nitrogen and oxygen atoms in total. The molecule has 1 rings (SSSR count). The number of rotatable bonds is 6. The fourth-order valence-corrected chi connectivity index (χ4v) is 1.62. The number of nitrogen functional groups attached to an aromatic ring is 1. The lowest BCUT2D eigenvalue weighted by atomic mass is 10.0. The zero-order valence-electron chi connectivity index (χ0n) is 11.6. The van der Waals surface area contributed by atoms with Gasteiger partial charge in [0.05, 0.1) is 17.6 Å². The number of hydrogen-bond donors (Lipinski definition) is 2. The van der Waals surface area contributed by atoms with Crippen LogP contribution in [0.25, 0.3) is 0 Å². The Hall–Kier alpha value is -2.22. The predicted molar refractivity (Wildman–Crippen MR) is 73.3 cm³/mol. The van der Waals surface area contributed by atoms with Gasteiger partial charge in [-0.25, -0.2) is 4.98 Å². The van der Waals surface area contributed by atoms with Gasteiger partial charge in [0.1, 0.15) is 17.6 Å². The van der Waals surface area contributed by atoms with Gasteiger partial charge in [-0.1, -0.05) is 13.8 Å². The highest BCUT2D eigenvalue weighted by atomic mass is 16.6. The second-order valence-electron chi connectivity index (χ2n) is 4.66. The van der Waals surface area contributed by atoms with Crippen molar-refractivity contribution in [3.63, 3.8) is 0 Å². The molecule has 0 spiro atoms. The molecule has 0 aromatic carbocycles. The van der Waals surface area contributed by atoms with Crippen LogP contribution in [0.15, 0.2) is 12.3 Å². The van der Waals surface area contributed by atoms with Crippen LogP contribution in [0.5, 0.6) is 0 Å². The van der Waals surface area contributed by atoms with Crippen molar-refractivity contribution in [1.82, 2.24) is 10.3 Å². The van der Waals surface area contributed by atoms with Crippen LogP contribution in [0.4, 0.5) is 11.5 Å². The SMILES string of the molecule is COCC(NC(=O)c1cc(N)ncc1[N+](=O)[O-])C(C)C. The minimum atomic E-state index is -0.665. The van der Waals surface area contributed by atoms with E-state index in [1.807, 2.05) is 13.8 Å². The Bertz CT molecular complexity index is 504. The molecule has 0 aliphatic carbocycles. The average Bonchev–Trinajstić information content (AvgIpc) is 2.37. The van der Waals surface area contributed by atoms with Crippen LogP contribution in [0.1, 0.15) is 24.2 Å². The highest BCUT2D eigenvalue weighted by Crippen LogP contribution is 2.19. The smallest absolute Gasteiger partial charge is 0.300 e. The molecule has 1 aromatic rings. The monoisotopic (exact) mass is 282 g/mol. The fourth-order valence-electron chi connectivity index (χ4n) is 1.62. The fraction of sp³-hybridized carbons (Fsp3) is 0.500. The Morgan fingerprint density at radius 3 is 2.75 bits per heavy atom. The van der Waals surface area contributed by atoms with Crippen LogP contribution in [-0.2, 0) is 4.74 Å². The summed E-state index contributed by atoms with van der Waals surface area (Å²) in [6.07, 6.45) is 0.977. The van der Waals surface area contributed by atoms with E-state index in [9.17, 15) is 14.9 Å². The number of ether oxygens (including phenoxy) is 1. The summed E-state index contributed by atoms with van der Waals surface area (Å²) >= 11 is 0. The maximum absolute atomic E-state index is 12.2. The first-order chi connectivity index (χ1) is 9.36. The molecule has 0 aliphatic heterocycles. The third-order valence-corrected chi connectivity index (χ3v) is 2.81. The number of nitro groups is 1. The number of nitrogens with two attached hydrogens (primary N) is 1. The highest BCUT2D eigenvalue weighted by Gasteiger charge is 2.24. The molecule has 1 amide bonds. The molecule has 20 heavy (non-hydrogen) atoms. The van der Waals surface area contributed by atoms with Gasteiger partial charge in [-0.2, -0.15) is 0 Å². The summed E-state index contributed by atoms with van der Waals surface area (Å²) in [7, 11) is 1.52. The van der Waals surface area contributed by atoms with Crippen molar-refractivity contribution < 1.29 is 14.5 Å². The van der Waals surface area contributed by atoms with Gasteiger partial charge in [0, 0.05) is 7.11 Å². The minimum Gasteiger partial charge on any atom is -0.384 e. The first kappa shape index (κ1) is 15.8. The van der Waals surface area contributed by atoms with E-state index in [4.69, 9.17) is 10.5 Å². The maximum atomic E-state index is 12.2. The molecule has 0 fully saturated rings. The van der Waals surface area contributed by atoms with Crippen LogP contribution >= 0.6 is 0 Å². The summed E-state index contributed by atoms with van der Waals surface area (Å²) in [4.78, 5) is 26.0. The number of aromatic nitrogens is 1. The summed E-state index contributed by atoms with van der Waals surface area (Å²) in [5, 5.41) is 13.6. The van der Waals surface area contributed by atoms with Gasteiger partial charge >= 0.3 is 0 Å². The van der Waals surface area contributed by atoms with Gasteiger partial charge in [0.15, 0.2) is 0 Å². The van der Waals surface area contributed by atoms with Gasteiger partial charge in [0.2, 0.25) is 0 Å². The number of hydrogen-bond acceptors (Lipinski definition) is 6.